The van der Waals surface area contributed by atoms with Crippen LogP contribution in [0.3, 0.4) is 0 Å². The fourth-order valence-electron chi connectivity index (χ4n) is 8.97. The molecule has 0 aliphatic heterocycles. The normalized spacial score (nSPS) is 15.3. The highest BCUT2D eigenvalue weighted by atomic mass is 16.3. The Balaban J connectivity index is 3.66. The average molecular weight is 1260 g/mol. The van der Waals surface area contributed by atoms with E-state index in [9.17, 15) is 72.5 Å². The van der Waals surface area contributed by atoms with E-state index in [1.165, 1.54) is 31.2 Å². The molecule has 12 atom stereocenters. The number of primary amides is 3. The Hall–Kier alpha value is -8.03. The Labute approximate surface area is 520 Å². The highest BCUT2D eigenvalue weighted by Crippen LogP contribution is 2.16. The van der Waals surface area contributed by atoms with Gasteiger partial charge in [-0.15, -0.1) is 0 Å². The highest BCUT2D eigenvalue weighted by molar-refractivity contribution is 6.00. The van der Waals surface area contributed by atoms with Crippen LogP contribution in [-0.2, 0) is 68.7 Å². The largest absolute Gasteiger partial charge is 0.508 e. The Kier molecular flexibility index (Phi) is 35.9. The lowest BCUT2D eigenvalue weighted by Crippen LogP contribution is -2.62. The number of carbonyl (C=O) groups excluding carboxylic acids is 13. The summed E-state index contributed by atoms with van der Waals surface area (Å²) in [5, 5.41) is 45.8. The van der Waals surface area contributed by atoms with Crippen LogP contribution >= 0.6 is 0 Å². The van der Waals surface area contributed by atoms with Crippen molar-refractivity contribution in [3.05, 3.63) is 29.8 Å². The van der Waals surface area contributed by atoms with E-state index in [1.807, 2.05) is 0 Å². The van der Waals surface area contributed by atoms with E-state index in [2.05, 4.69) is 53.2 Å². The van der Waals surface area contributed by atoms with Gasteiger partial charge >= 0.3 is 0 Å². The zero-order valence-corrected chi connectivity index (χ0v) is 52.7. The second-order valence-electron chi connectivity index (χ2n) is 23.5. The number of nitrogens with one attached hydrogen (secondary N) is 10. The summed E-state index contributed by atoms with van der Waals surface area (Å²) in [6.45, 7) is 14.4. The summed E-state index contributed by atoms with van der Waals surface area (Å²) >= 11 is 0. The smallest absolute Gasteiger partial charge is 0.245 e. The molecule has 0 aliphatic carbocycles. The second-order valence-corrected chi connectivity index (χ2v) is 23.5. The van der Waals surface area contributed by atoms with Gasteiger partial charge in [-0.05, 0) is 113 Å². The van der Waals surface area contributed by atoms with Gasteiger partial charge in [0.05, 0.1) is 25.5 Å². The second kappa shape index (κ2) is 40.5. The first-order valence-corrected chi connectivity index (χ1v) is 30.1. The van der Waals surface area contributed by atoms with Gasteiger partial charge < -0.3 is 97.8 Å². The van der Waals surface area contributed by atoms with Crippen molar-refractivity contribution in [1.82, 2.24) is 53.2 Å². The molecule has 31 nitrogen and oxygen atoms in total. The van der Waals surface area contributed by atoms with Crippen LogP contribution in [0, 0.1) is 23.7 Å². The van der Waals surface area contributed by atoms with Crippen molar-refractivity contribution in [2.24, 2.45) is 58.1 Å². The lowest BCUT2D eigenvalue weighted by atomic mass is 9.96. The number of phenols is 1. The molecule has 1 aromatic rings. The summed E-state index contributed by atoms with van der Waals surface area (Å²) in [5.74, 6) is -13.9. The third-order valence-electron chi connectivity index (χ3n) is 14.2. The highest BCUT2D eigenvalue weighted by Gasteiger charge is 2.38. The minimum Gasteiger partial charge on any atom is -0.508 e. The van der Waals surface area contributed by atoms with Crippen LogP contribution in [0.1, 0.15) is 139 Å². The molecule has 0 spiro atoms. The number of aromatic hydroxyl groups is 1. The molecule has 0 heterocycles. The average Bonchev–Trinajstić information content (AvgIpc) is 2.21. The first kappa shape index (κ1) is 79.0. The van der Waals surface area contributed by atoms with Crippen LogP contribution < -0.4 is 87.6 Å². The fraction of sp³-hybridized carbons (Fsp3) is 0.672. The maximum Gasteiger partial charge on any atom is 0.245 e. The third kappa shape index (κ3) is 29.7. The lowest BCUT2D eigenvalue weighted by molar-refractivity contribution is -0.137. The zero-order chi connectivity index (χ0) is 67.8. The SMILES string of the molecule is CC[C@H](C)[C@H](NC(=O)[C@H](CO)NC(=O)[C@H](CC(N)=O)NC(=O)[C@H](CC(C)C)NC(=O)[C@H](Cc1ccc(O)cc1)NC(=O)[C@H](CCCCN)NC(=O)[C@H](CCCCN)NC(=O)[C@@H](NC(=O)[C@H](C)N)C(C)C)C(=O)N[C@@H](CC(C)C)C(=O)N[C@@H](CC(N)=O)C(N)=O. The first-order valence-electron chi connectivity index (χ1n) is 30.1. The minimum atomic E-state index is -1.85. The molecule has 0 aromatic heterocycles. The molecule has 0 saturated carbocycles. The number of hydrogen-bond acceptors (Lipinski definition) is 18. The van der Waals surface area contributed by atoms with Gasteiger partial charge in [-0.1, -0.05) is 73.9 Å². The number of aliphatic hydroxyl groups excluding tert-OH is 1. The van der Waals surface area contributed by atoms with Gasteiger partial charge in [-0.25, -0.2) is 0 Å². The van der Waals surface area contributed by atoms with Crippen LogP contribution in [0.2, 0.25) is 0 Å². The number of unbranched alkanes of at least 4 members (excludes halogenated alkanes) is 2. The summed E-state index contributed by atoms with van der Waals surface area (Å²) in [6, 6.07) is -9.92. The molecule has 0 fully saturated rings. The molecule has 502 valence electrons. The van der Waals surface area contributed by atoms with Gasteiger partial charge in [0.1, 0.15) is 66.2 Å². The van der Waals surface area contributed by atoms with Gasteiger partial charge in [-0.3, -0.25) is 62.3 Å². The number of carbonyl (C=O) groups is 13. The van der Waals surface area contributed by atoms with Crippen LogP contribution in [0.4, 0.5) is 0 Å². The maximum absolute atomic E-state index is 14.6. The summed E-state index contributed by atoms with van der Waals surface area (Å²) in [4.78, 5) is 175. The van der Waals surface area contributed by atoms with Gasteiger partial charge in [0.2, 0.25) is 76.8 Å². The van der Waals surface area contributed by atoms with Crippen LogP contribution in [0.5, 0.6) is 5.75 Å². The Morgan fingerprint density at radius 3 is 1.22 bits per heavy atom. The maximum atomic E-state index is 14.6. The van der Waals surface area contributed by atoms with Crippen molar-refractivity contribution in [3.8, 4) is 5.75 Å². The Morgan fingerprint density at radius 2 is 0.798 bits per heavy atom. The molecule has 0 saturated heterocycles. The van der Waals surface area contributed by atoms with E-state index in [4.69, 9.17) is 34.4 Å². The molecular formula is C58H100N16O15. The summed E-state index contributed by atoms with van der Waals surface area (Å²) in [5.41, 5.74) is 33.8. The first-order chi connectivity index (χ1) is 41.7. The number of hydrogen-bond donors (Lipinski definition) is 18. The number of amides is 13. The van der Waals surface area contributed by atoms with Crippen molar-refractivity contribution in [2.45, 2.75) is 206 Å². The van der Waals surface area contributed by atoms with Crippen molar-refractivity contribution < 1.29 is 72.5 Å². The van der Waals surface area contributed by atoms with Gasteiger partial charge in [0.15, 0.2) is 0 Å². The monoisotopic (exact) mass is 1260 g/mol. The number of aliphatic hydroxyl groups is 1. The molecular weight excluding hydrogens is 1160 g/mol. The van der Waals surface area contributed by atoms with E-state index >= 15 is 0 Å². The molecule has 1 aromatic carbocycles. The van der Waals surface area contributed by atoms with Crippen molar-refractivity contribution in [3.63, 3.8) is 0 Å². The van der Waals surface area contributed by atoms with Crippen molar-refractivity contribution >= 4 is 76.8 Å². The number of phenolic OH excluding ortho intramolecular Hbond substituents is 1. The van der Waals surface area contributed by atoms with Crippen molar-refractivity contribution in [1.29, 1.82) is 0 Å². The number of nitrogens with two attached hydrogens (primary N) is 6. The molecule has 24 N–H and O–H groups in total. The zero-order valence-electron chi connectivity index (χ0n) is 52.7. The molecule has 0 aliphatic rings. The summed E-state index contributed by atoms with van der Waals surface area (Å²) in [6.07, 6.45) is 0.104. The van der Waals surface area contributed by atoms with E-state index < -0.39 is 175 Å². The van der Waals surface area contributed by atoms with Gasteiger partial charge in [0.25, 0.3) is 0 Å². The fourth-order valence-corrected chi connectivity index (χ4v) is 8.97. The van der Waals surface area contributed by atoms with Gasteiger partial charge in [0, 0.05) is 6.42 Å². The standard InChI is InChI=1S/C58H100N16O15/c1-10-32(8)47(58(89)71-40(24-30(4)5)52(83)67-38(48(64)79)26-44(62)77)74-56(87)43(28-75)72-55(86)42(27-45(63)78)70-53(84)39(23-29(2)3)68-54(85)41(25-34-17-19-35(76)20-18-34)69-51(82)36(15-11-13-21-59)65-50(81)37(16-12-14-22-60)66-57(88)46(31(6)7)73-49(80)33(9)61/h17-20,29-33,36-43,46-47,75-76H,10-16,21-28,59-61H2,1-9H3,(H2,62,77)(H2,63,78)(H2,64,79)(H,65,81)(H,66,88)(H,67,83)(H,68,85)(H,69,82)(H,70,84)(H,71,89)(H,72,86)(H,73,80)(H,74,87)/t32-,33-,36-,37-,38-,39-,40-,41-,42-,43-,46-,47-/m0/s1. The molecule has 0 unspecified atom stereocenters. The van der Waals surface area contributed by atoms with E-state index in [0.717, 1.165) is 0 Å². The minimum absolute atomic E-state index is 0.000984. The van der Waals surface area contributed by atoms with Gasteiger partial charge in [-0.2, -0.15) is 0 Å². The predicted octanol–water partition coefficient (Wildman–Crippen LogP) is -4.59. The summed E-state index contributed by atoms with van der Waals surface area (Å²) in [7, 11) is 0. The lowest BCUT2D eigenvalue weighted by Gasteiger charge is -2.29. The van der Waals surface area contributed by atoms with Crippen LogP contribution in [0.15, 0.2) is 24.3 Å². The van der Waals surface area contributed by atoms with Crippen LogP contribution in [0.25, 0.3) is 0 Å². The third-order valence-corrected chi connectivity index (χ3v) is 14.2. The molecule has 13 amide bonds. The number of benzene rings is 1. The van der Waals surface area contributed by atoms with E-state index in [0.29, 0.717) is 31.2 Å². The Morgan fingerprint density at radius 1 is 0.438 bits per heavy atom. The molecule has 1 rings (SSSR count). The summed E-state index contributed by atoms with van der Waals surface area (Å²) < 4.78 is 0. The molecule has 31 heteroatoms. The van der Waals surface area contributed by atoms with E-state index in [1.54, 1.807) is 55.4 Å². The predicted molar refractivity (Wildman–Crippen MR) is 328 cm³/mol. The van der Waals surface area contributed by atoms with E-state index in [-0.39, 0.29) is 69.2 Å². The number of rotatable bonds is 43. The molecule has 0 radical (unpaired) electrons. The van der Waals surface area contributed by atoms with Crippen LogP contribution in [-0.4, -0.2) is 173 Å². The Bertz CT molecular complexity index is 2540. The molecule has 0 bridgehead atoms. The quantitative estimate of drug-likeness (QED) is 0.0274. The molecule has 89 heavy (non-hydrogen) atoms. The van der Waals surface area contributed by atoms with Crippen molar-refractivity contribution in [2.75, 3.05) is 19.7 Å². The topological polar surface area (TPSA) is 539 Å².